The van der Waals surface area contributed by atoms with Crippen molar-refractivity contribution in [2.45, 2.75) is 0 Å². The average molecular weight is 517 g/mol. The Morgan fingerprint density at radius 1 is 0.947 bits per heavy atom. The van der Waals surface area contributed by atoms with Gasteiger partial charge < -0.3 is 4.74 Å². The van der Waals surface area contributed by atoms with Crippen molar-refractivity contribution in [1.82, 2.24) is 10.4 Å². The molecule has 0 atom stereocenters. The number of nitrogens with zero attached hydrogens (tertiary/aromatic N) is 3. The lowest BCUT2D eigenvalue weighted by molar-refractivity contribution is -0.123. The highest BCUT2D eigenvalue weighted by Crippen LogP contribution is 2.33. The van der Waals surface area contributed by atoms with Crippen LogP contribution in [0.1, 0.15) is 11.1 Å². The Labute approximate surface area is 224 Å². The molecule has 0 unspecified atom stereocenters. The molecule has 0 aliphatic rings. The van der Waals surface area contributed by atoms with Gasteiger partial charge in [0.1, 0.15) is 5.75 Å². The van der Waals surface area contributed by atoms with E-state index in [1.807, 2.05) is 48.5 Å². The summed E-state index contributed by atoms with van der Waals surface area (Å²) in [5.41, 5.74) is 8.17. The molecule has 1 N–H and O–H groups in total. The Hall–Kier alpha value is -4.99. The highest BCUT2D eigenvalue weighted by Gasteiger charge is 2.11. The Kier molecular flexibility index (Phi) is 7.39. The van der Waals surface area contributed by atoms with Crippen molar-refractivity contribution in [3.8, 4) is 34.2 Å². The Morgan fingerprint density at radius 3 is 2.50 bits per heavy atom. The van der Waals surface area contributed by atoms with Gasteiger partial charge in [-0.3, -0.25) is 4.79 Å². The number of amides is 1. The van der Waals surface area contributed by atoms with E-state index in [-0.39, 0.29) is 6.61 Å². The van der Waals surface area contributed by atoms with Crippen molar-refractivity contribution in [2.24, 2.45) is 5.10 Å². The third-order valence-electron chi connectivity index (χ3n) is 5.85. The fraction of sp³-hybridized carbons (Fsp3) is 0.0323. The molecule has 0 saturated carbocycles. The minimum absolute atomic E-state index is 0.207. The number of hydrazone groups is 1. The van der Waals surface area contributed by atoms with Crippen molar-refractivity contribution in [3.63, 3.8) is 0 Å². The molecule has 0 spiro atoms. The predicted octanol–water partition coefficient (Wildman–Crippen LogP) is 6.62. The summed E-state index contributed by atoms with van der Waals surface area (Å²) >= 11 is 6.26. The van der Waals surface area contributed by atoms with E-state index in [0.29, 0.717) is 21.9 Å². The highest BCUT2D eigenvalue weighted by atomic mass is 35.5. The van der Waals surface area contributed by atoms with Crippen LogP contribution in [-0.2, 0) is 4.79 Å². The molecule has 6 nitrogen and oxygen atoms in total. The normalized spacial score (nSPS) is 10.8. The number of fused-ring (bicyclic) bond motifs is 1. The van der Waals surface area contributed by atoms with Crippen molar-refractivity contribution >= 4 is 34.6 Å². The maximum absolute atomic E-state index is 12.1. The number of carbonyl (C=O) groups is 1. The van der Waals surface area contributed by atoms with Crippen LogP contribution in [0.15, 0.2) is 108 Å². The number of halogens is 1. The molecule has 184 valence electrons. The third-order valence-corrected chi connectivity index (χ3v) is 6.09. The maximum atomic E-state index is 12.1. The van der Waals surface area contributed by atoms with Crippen molar-refractivity contribution in [3.05, 3.63) is 119 Å². The van der Waals surface area contributed by atoms with Crippen LogP contribution in [-0.4, -0.2) is 23.7 Å². The van der Waals surface area contributed by atoms with E-state index in [2.05, 4.69) is 34.8 Å². The van der Waals surface area contributed by atoms with Crippen LogP contribution in [0.4, 0.5) is 0 Å². The van der Waals surface area contributed by atoms with Crippen molar-refractivity contribution in [2.75, 3.05) is 6.61 Å². The van der Waals surface area contributed by atoms with Gasteiger partial charge in [-0.05, 0) is 59.7 Å². The molecule has 5 aromatic rings. The molecule has 0 aliphatic carbocycles. The number of benzene rings is 4. The van der Waals surface area contributed by atoms with Crippen LogP contribution in [0, 0.1) is 11.3 Å². The fourth-order valence-corrected chi connectivity index (χ4v) is 4.16. The lowest BCUT2D eigenvalue weighted by atomic mass is 9.98. The largest absolute Gasteiger partial charge is 0.484 e. The predicted molar refractivity (Wildman–Crippen MR) is 150 cm³/mol. The molecular formula is C31H21ClN4O2. The van der Waals surface area contributed by atoms with Gasteiger partial charge in [0.15, 0.2) is 6.61 Å². The van der Waals surface area contributed by atoms with Crippen LogP contribution >= 0.6 is 11.6 Å². The molecule has 5 rings (SSSR count). The number of pyridine rings is 1. The number of hydrogen-bond acceptors (Lipinski definition) is 5. The quantitative estimate of drug-likeness (QED) is 0.194. The molecule has 1 aromatic heterocycles. The number of carbonyl (C=O) groups excluding carboxylic acids is 1. The smallest absolute Gasteiger partial charge is 0.277 e. The minimum Gasteiger partial charge on any atom is -0.484 e. The lowest BCUT2D eigenvalue weighted by Gasteiger charge is -2.11. The zero-order valence-electron chi connectivity index (χ0n) is 20.1. The van der Waals surface area contributed by atoms with Crippen molar-refractivity contribution in [1.29, 1.82) is 5.26 Å². The zero-order chi connectivity index (χ0) is 26.3. The van der Waals surface area contributed by atoms with Gasteiger partial charge in [-0.25, -0.2) is 10.4 Å². The van der Waals surface area contributed by atoms with E-state index in [0.717, 1.165) is 33.3 Å². The molecule has 0 saturated heterocycles. The second kappa shape index (κ2) is 11.4. The summed E-state index contributed by atoms with van der Waals surface area (Å²) in [5, 5.41) is 14.7. The van der Waals surface area contributed by atoms with E-state index >= 15 is 0 Å². The Balaban J connectivity index is 1.29. The first-order valence-corrected chi connectivity index (χ1v) is 12.2. The Bertz CT molecular complexity index is 1680. The van der Waals surface area contributed by atoms with E-state index in [1.165, 1.54) is 6.21 Å². The summed E-state index contributed by atoms with van der Waals surface area (Å²) in [5.74, 6) is 0.121. The molecule has 0 aliphatic heterocycles. The van der Waals surface area contributed by atoms with Gasteiger partial charge in [-0.15, -0.1) is 0 Å². The molecular weight excluding hydrogens is 496 g/mol. The number of nitriles is 1. The minimum atomic E-state index is -0.416. The number of ether oxygens (including phenoxy) is 1. The second-order valence-corrected chi connectivity index (χ2v) is 8.82. The first kappa shape index (κ1) is 24.7. The molecule has 4 aromatic carbocycles. The molecule has 38 heavy (non-hydrogen) atoms. The van der Waals surface area contributed by atoms with Gasteiger partial charge in [0.25, 0.3) is 5.91 Å². The number of aromatic nitrogens is 1. The summed E-state index contributed by atoms with van der Waals surface area (Å²) in [6, 6.07) is 34.4. The van der Waals surface area contributed by atoms with Crippen LogP contribution in [0.2, 0.25) is 5.02 Å². The molecule has 0 bridgehead atoms. The van der Waals surface area contributed by atoms with Gasteiger partial charge in [0.2, 0.25) is 0 Å². The van der Waals surface area contributed by atoms with Crippen LogP contribution in [0.5, 0.6) is 5.75 Å². The van der Waals surface area contributed by atoms with E-state index in [9.17, 15) is 4.79 Å². The topological polar surface area (TPSA) is 87.4 Å². The van der Waals surface area contributed by atoms with Gasteiger partial charge >= 0.3 is 0 Å². The first-order chi connectivity index (χ1) is 18.6. The Morgan fingerprint density at radius 2 is 1.71 bits per heavy atom. The second-order valence-electron chi connectivity index (χ2n) is 8.39. The van der Waals surface area contributed by atoms with Crippen molar-refractivity contribution < 1.29 is 9.53 Å². The molecule has 1 amide bonds. The van der Waals surface area contributed by atoms with Gasteiger partial charge in [-0.2, -0.15) is 10.4 Å². The molecule has 7 heteroatoms. The number of hydrogen-bond donors (Lipinski definition) is 1. The molecule has 1 heterocycles. The number of nitrogens with one attached hydrogen (secondary N) is 1. The summed E-state index contributed by atoms with van der Waals surface area (Å²) < 4.78 is 5.61. The van der Waals surface area contributed by atoms with Gasteiger partial charge in [0, 0.05) is 21.5 Å². The fourth-order valence-electron chi connectivity index (χ4n) is 3.99. The monoisotopic (exact) mass is 516 g/mol. The number of rotatable bonds is 7. The van der Waals surface area contributed by atoms with Crippen LogP contribution < -0.4 is 10.2 Å². The molecule has 0 radical (unpaired) electrons. The van der Waals surface area contributed by atoms with Gasteiger partial charge in [0.05, 0.1) is 29.1 Å². The standard InChI is InChI=1S/C31H21ClN4O2/c32-25-12-15-27-28(21-6-2-1-3-7-21)17-29(35-30(27)16-25)22-10-13-26(14-11-22)38-20-31(37)36-34-19-24-9-5-4-8-23(24)18-33/h1-17,19H,20H2,(H,36,37)/b34-19+. The average Bonchev–Trinajstić information content (AvgIpc) is 2.96. The summed E-state index contributed by atoms with van der Waals surface area (Å²) in [6.45, 7) is -0.207. The third kappa shape index (κ3) is 5.70. The lowest BCUT2D eigenvalue weighted by Crippen LogP contribution is -2.24. The maximum Gasteiger partial charge on any atom is 0.277 e. The molecule has 0 fully saturated rings. The van der Waals surface area contributed by atoms with E-state index in [4.69, 9.17) is 26.6 Å². The zero-order valence-corrected chi connectivity index (χ0v) is 20.9. The summed E-state index contributed by atoms with van der Waals surface area (Å²) in [6.07, 6.45) is 1.43. The first-order valence-electron chi connectivity index (χ1n) is 11.8. The van der Waals surface area contributed by atoms with Crippen LogP contribution in [0.25, 0.3) is 33.3 Å². The summed E-state index contributed by atoms with van der Waals surface area (Å²) in [4.78, 5) is 17.0. The van der Waals surface area contributed by atoms with E-state index < -0.39 is 5.91 Å². The highest BCUT2D eigenvalue weighted by molar-refractivity contribution is 6.31. The summed E-state index contributed by atoms with van der Waals surface area (Å²) in [7, 11) is 0. The van der Waals surface area contributed by atoms with E-state index in [1.54, 1.807) is 36.4 Å². The SMILES string of the molecule is N#Cc1ccccc1/C=N/NC(=O)COc1ccc(-c2cc(-c3ccccc3)c3ccc(Cl)cc3n2)cc1. The van der Waals surface area contributed by atoms with Gasteiger partial charge in [-0.1, -0.05) is 66.2 Å². The van der Waals surface area contributed by atoms with Crippen LogP contribution in [0.3, 0.4) is 0 Å².